The Hall–Kier alpha value is -2.62. The number of para-hydroxylation sites is 1. The molecule has 0 spiro atoms. The lowest BCUT2D eigenvalue weighted by atomic mass is 10.1. The SMILES string of the molecule is Cc1ccc(C(=O)N[C@H]2CC(=O)N(c3ccccc3)C2)cc1C. The molecule has 23 heavy (non-hydrogen) atoms. The van der Waals surface area contributed by atoms with E-state index in [9.17, 15) is 9.59 Å². The molecule has 1 N–H and O–H groups in total. The number of aryl methyl sites for hydroxylation is 2. The first-order valence-electron chi connectivity index (χ1n) is 7.78. The maximum absolute atomic E-state index is 12.4. The predicted molar refractivity (Wildman–Crippen MR) is 90.6 cm³/mol. The normalized spacial score (nSPS) is 17.4. The summed E-state index contributed by atoms with van der Waals surface area (Å²) >= 11 is 0. The number of benzene rings is 2. The number of anilines is 1. The molecular weight excluding hydrogens is 288 g/mol. The van der Waals surface area contributed by atoms with E-state index in [4.69, 9.17) is 0 Å². The van der Waals surface area contributed by atoms with Crippen LogP contribution in [0.25, 0.3) is 0 Å². The van der Waals surface area contributed by atoms with Gasteiger partial charge in [-0.3, -0.25) is 9.59 Å². The number of amides is 2. The molecule has 1 heterocycles. The summed E-state index contributed by atoms with van der Waals surface area (Å²) in [7, 11) is 0. The van der Waals surface area contributed by atoms with E-state index in [0.29, 0.717) is 18.5 Å². The van der Waals surface area contributed by atoms with Gasteiger partial charge in [-0.25, -0.2) is 0 Å². The summed E-state index contributed by atoms with van der Waals surface area (Å²) in [4.78, 5) is 26.3. The van der Waals surface area contributed by atoms with Crippen LogP contribution in [-0.2, 0) is 4.79 Å². The van der Waals surface area contributed by atoms with Crippen molar-refractivity contribution in [1.82, 2.24) is 5.32 Å². The summed E-state index contributed by atoms with van der Waals surface area (Å²) in [6, 6.07) is 15.0. The van der Waals surface area contributed by atoms with Gasteiger partial charge in [0.25, 0.3) is 5.91 Å². The zero-order valence-corrected chi connectivity index (χ0v) is 13.4. The van der Waals surface area contributed by atoms with E-state index in [2.05, 4.69) is 5.32 Å². The van der Waals surface area contributed by atoms with Gasteiger partial charge >= 0.3 is 0 Å². The molecule has 1 fully saturated rings. The van der Waals surface area contributed by atoms with Crippen LogP contribution in [0, 0.1) is 13.8 Å². The van der Waals surface area contributed by atoms with Gasteiger partial charge < -0.3 is 10.2 Å². The van der Waals surface area contributed by atoms with Crippen LogP contribution in [0.2, 0.25) is 0 Å². The van der Waals surface area contributed by atoms with E-state index < -0.39 is 0 Å². The third-order valence-corrected chi connectivity index (χ3v) is 4.30. The van der Waals surface area contributed by atoms with Crippen molar-refractivity contribution in [3.8, 4) is 0 Å². The monoisotopic (exact) mass is 308 g/mol. The highest BCUT2D eigenvalue weighted by atomic mass is 16.2. The summed E-state index contributed by atoms with van der Waals surface area (Å²) < 4.78 is 0. The molecule has 4 nitrogen and oxygen atoms in total. The molecule has 1 atom stereocenters. The lowest BCUT2D eigenvalue weighted by Crippen LogP contribution is -2.37. The molecular formula is C19H20N2O2. The second-order valence-corrected chi connectivity index (χ2v) is 6.01. The molecule has 0 aromatic heterocycles. The zero-order chi connectivity index (χ0) is 16.4. The van der Waals surface area contributed by atoms with E-state index in [1.54, 1.807) is 4.90 Å². The molecule has 3 rings (SSSR count). The smallest absolute Gasteiger partial charge is 0.251 e. The maximum atomic E-state index is 12.4. The van der Waals surface area contributed by atoms with Crippen LogP contribution >= 0.6 is 0 Å². The summed E-state index contributed by atoms with van der Waals surface area (Å²) in [5.74, 6) is -0.0811. The number of nitrogens with one attached hydrogen (secondary N) is 1. The standard InChI is InChI=1S/C19H20N2O2/c1-13-8-9-15(10-14(13)2)19(23)20-16-11-18(22)21(12-16)17-6-4-3-5-7-17/h3-10,16H,11-12H2,1-2H3,(H,20,23)/t16-/m0/s1. The maximum Gasteiger partial charge on any atom is 0.251 e. The molecule has 1 aliphatic heterocycles. The summed E-state index contributed by atoms with van der Waals surface area (Å²) in [5.41, 5.74) is 3.76. The van der Waals surface area contributed by atoms with Crippen LogP contribution in [0.15, 0.2) is 48.5 Å². The Morgan fingerprint density at radius 1 is 1.09 bits per heavy atom. The van der Waals surface area contributed by atoms with Crippen molar-refractivity contribution in [1.29, 1.82) is 0 Å². The van der Waals surface area contributed by atoms with E-state index >= 15 is 0 Å². The largest absolute Gasteiger partial charge is 0.347 e. The minimum absolute atomic E-state index is 0.0431. The van der Waals surface area contributed by atoms with Crippen molar-refractivity contribution in [3.05, 3.63) is 65.2 Å². The van der Waals surface area contributed by atoms with Crippen molar-refractivity contribution in [2.24, 2.45) is 0 Å². The Bertz CT molecular complexity index is 740. The third kappa shape index (κ3) is 3.26. The molecule has 0 unspecified atom stereocenters. The molecule has 0 radical (unpaired) electrons. The minimum atomic E-state index is -0.156. The highest BCUT2D eigenvalue weighted by molar-refractivity contribution is 5.99. The lowest BCUT2D eigenvalue weighted by Gasteiger charge is -2.17. The van der Waals surface area contributed by atoms with Crippen LogP contribution < -0.4 is 10.2 Å². The van der Waals surface area contributed by atoms with Crippen LogP contribution in [0.5, 0.6) is 0 Å². The first-order chi connectivity index (χ1) is 11.0. The van der Waals surface area contributed by atoms with Crippen molar-refractivity contribution in [3.63, 3.8) is 0 Å². The Kier molecular flexibility index (Phi) is 4.15. The number of carbonyl (C=O) groups excluding carboxylic acids is 2. The minimum Gasteiger partial charge on any atom is -0.347 e. The third-order valence-electron chi connectivity index (χ3n) is 4.30. The molecule has 0 bridgehead atoms. The van der Waals surface area contributed by atoms with E-state index in [-0.39, 0.29) is 17.9 Å². The molecule has 2 amide bonds. The van der Waals surface area contributed by atoms with Crippen LogP contribution in [0.1, 0.15) is 27.9 Å². The van der Waals surface area contributed by atoms with Gasteiger partial charge in [0, 0.05) is 24.2 Å². The second kappa shape index (κ2) is 6.24. The summed E-state index contributed by atoms with van der Waals surface area (Å²) in [6.07, 6.45) is 0.339. The topological polar surface area (TPSA) is 49.4 Å². The lowest BCUT2D eigenvalue weighted by molar-refractivity contribution is -0.117. The van der Waals surface area contributed by atoms with Crippen molar-refractivity contribution < 1.29 is 9.59 Å². The number of rotatable bonds is 3. The Labute approximate surface area is 136 Å². The molecule has 118 valence electrons. The quantitative estimate of drug-likeness (QED) is 0.948. The fourth-order valence-electron chi connectivity index (χ4n) is 2.81. The molecule has 0 saturated carbocycles. The van der Waals surface area contributed by atoms with Gasteiger partial charge in [0.2, 0.25) is 5.91 Å². The van der Waals surface area contributed by atoms with Crippen LogP contribution in [0.3, 0.4) is 0 Å². The molecule has 4 heteroatoms. The Morgan fingerprint density at radius 2 is 1.83 bits per heavy atom. The molecule has 0 aliphatic carbocycles. The van der Waals surface area contributed by atoms with Gasteiger partial charge in [0.15, 0.2) is 0 Å². The number of nitrogens with zero attached hydrogens (tertiary/aromatic N) is 1. The summed E-state index contributed by atoms with van der Waals surface area (Å²) in [6.45, 7) is 4.52. The van der Waals surface area contributed by atoms with Gasteiger partial charge in [-0.15, -0.1) is 0 Å². The van der Waals surface area contributed by atoms with Gasteiger partial charge in [-0.2, -0.15) is 0 Å². The average molecular weight is 308 g/mol. The van der Waals surface area contributed by atoms with E-state index in [1.165, 1.54) is 0 Å². The fourth-order valence-corrected chi connectivity index (χ4v) is 2.81. The highest BCUT2D eigenvalue weighted by Crippen LogP contribution is 2.21. The molecule has 2 aromatic rings. The van der Waals surface area contributed by atoms with E-state index in [1.807, 2.05) is 62.4 Å². The first kappa shape index (κ1) is 15.3. The molecule has 1 aliphatic rings. The number of hydrogen-bond donors (Lipinski definition) is 1. The predicted octanol–water partition coefficient (Wildman–Crippen LogP) is 2.84. The number of hydrogen-bond acceptors (Lipinski definition) is 2. The van der Waals surface area contributed by atoms with Crippen molar-refractivity contribution >= 4 is 17.5 Å². The van der Waals surface area contributed by atoms with Crippen molar-refractivity contribution in [2.75, 3.05) is 11.4 Å². The zero-order valence-electron chi connectivity index (χ0n) is 13.4. The average Bonchev–Trinajstić information content (AvgIpc) is 2.91. The second-order valence-electron chi connectivity index (χ2n) is 6.01. The number of carbonyl (C=O) groups is 2. The fraction of sp³-hybridized carbons (Fsp3) is 0.263. The summed E-state index contributed by atoms with van der Waals surface area (Å²) in [5, 5.41) is 2.97. The van der Waals surface area contributed by atoms with Gasteiger partial charge in [0.05, 0.1) is 6.04 Å². The van der Waals surface area contributed by atoms with Crippen molar-refractivity contribution in [2.45, 2.75) is 26.3 Å². The van der Waals surface area contributed by atoms with Gasteiger partial charge in [-0.05, 0) is 49.2 Å². The molecule has 2 aromatic carbocycles. The van der Waals surface area contributed by atoms with Crippen LogP contribution in [0.4, 0.5) is 5.69 Å². The van der Waals surface area contributed by atoms with Gasteiger partial charge in [-0.1, -0.05) is 24.3 Å². The Balaban J connectivity index is 1.68. The Morgan fingerprint density at radius 3 is 2.52 bits per heavy atom. The van der Waals surface area contributed by atoms with E-state index in [0.717, 1.165) is 16.8 Å². The highest BCUT2D eigenvalue weighted by Gasteiger charge is 2.31. The van der Waals surface area contributed by atoms with Gasteiger partial charge in [0.1, 0.15) is 0 Å². The molecule has 1 saturated heterocycles. The first-order valence-corrected chi connectivity index (χ1v) is 7.78. The van der Waals surface area contributed by atoms with Crippen LogP contribution in [-0.4, -0.2) is 24.4 Å².